The lowest BCUT2D eigenvalue weighted by Crippen LogP contribution is -2.34. The molecule has 8 nitrogen and oxygen atoms in total. The van der Waals surface area contributed by atoms with E-state index in [1.165, 1.54) is 11.6 Å². The molecule has 1 atom stereocenters. The molecular formula is C22H26N2O6S. The molecule has 0 radical (unpaired) electrons. The van der Waals surface area contributed by atoms with E-state index >= 15 is 0 Å². The summed E-state index contributed by atoms with van der Waals surface area (Å²) in [5.41, 5.74) is 1.18. The highest BCUT2D eigenvalue weighted by Gasteiger charge is 2.28. The van der Waals surface area contributed by atoms with E-state index in [1.54, 1.807) is 12.1 Å². The summed E-state index contributed by atoms with van der Waals surface area (Å²) in [6.45, 7) is 3.92. The van der Waals surface area contributed by atoms with Crippen LogP contribution in [0.25, 0.3) is 0 Å². The molecule has 1 unspecified atom stereocenters. The van der Waals surface area contributed by atoms with Gasteiger partial charge < -0.3 is 18.9 Å². The molecule has 3 heterocycles. The maximum atomic E-state index is 12.7. The van der Waals surface area contributed by atoms with Crippen molar-refractivity contribution in [3.05, 3.63) is 42.0 Å². The fourth-order valence-electron chi connectivity index (χ4n) is 4.34. The Bertz CT molecular complexity index is 1060. The summed E-state index contributed by atoms with van der Waals surface area (Å²) in [5.74, 6) is 2.61. The van der Waals surface area contributed by atoms with Gasteiger partial charge in [0.1, 0.15) is 26.4 Å². The number of hydrogen-bond donors (Lipinski definition) is 1. The molecule has 2 aromatic rings. The highest BCUT2D eigenvalue weighted by atomic mass is 32.2. The molecule has 31 heavy (non-hydrogen) atoms. The van der Waals surface area contributed by atoms with Crippen LogP contribution in [0.4, 0.5) is 0 Å². The van der Waals surface area contributed by atoms with Crippen molar-refractivity contribution in [2.75, 3.05) is 46.1 Å². The molecule has 1 fully saturated rings. The number of fused-ring (bicyclic) bond motifs is 2. The third kappa shape index (κ3) is 4.30. The number of rotatable bonds is 6. The van der Waals surface area contributed by atoms with Gasteiger partial charge in [0.05, 0.1) is 4.90 Å². The standard InChI is InChI=1S/C22H26N2O6S/c25-31(26,17-4-6-20-22(15-17)30-13-11-28-20)23-7-9-24-8-1-2-18(24)16-3-5-19-21(14-16)29-12-10-27-19/h3-6,14-15,18,23H,1-2,7-13H2. The first-order valence-corrected chi connectivity index (χ1v) is 12.1. The molecule has 3 aliphatic rings. The third-order valence-electron chi connectivity index (χ3n) is 5.83. The number of benzene rings is 2. The van der Waals surface area contributed by atoms with Crippen molar-refractivity contribution in [1.82, 2.24) is 9.62 Å². The van der Waals surface area contributed by atoms with E-state index in [4.69, 9.17) is 18.9 Å². The molecule has 2 aromatic carbocycles. The van der Waals surface area contributed by atoms with E-state index in [1.807, 2.05) is 6.07 Å². The van der Waals surface area contributed by atoms with Crippen LogP contribution >= 0.6 is 0 Å². The molecular weight excluding hydrogens is 420 g/mol. The van der Waals surface area contributed by atoms with Crippen LogP contribution in [0.2, 0.25) is 0 Å². The molecule has 0 aliphatic carbocycles. The third-order valence-corrected chi connectivity index (χ3v) is 7.29. The first kappa shape index (κ1) is 20.4. The first-order chi connectivity index (χ1) is 15.1. The van der Waals surface area contributed by atoms with Crippen LogP contribution in [0.3, 0.4) is 0 Å². The number of ether oxygens (including phenoxy) is 4. The van der Waals surface area contributed by atoms with Gasteiger partial charge in [-0.15, -0.1) is 0 Å². The topological polar surface area (TPSA) is 86.3 Å². The molecule has 1 saturated heterocycles. The maximum Gasteiger partial charge on any atom is 0.240 e. The molecule has 1 N–H and O–H groups in total. The van der Waals surface area contributed by atoms with E-state index < -0.39 is 10.0 Å². The Labute approximate surface area is 182 Å². The lowest BCUT2D eigenvalue weighted by molar-refractivity contribution is 0.170. The number of nitrogens with zero attached hydrogens (tertiary/aromatic N) is 1. The Morgan fingerprint density at radius 1 is 0.871 bits per heavy atom. The Morgan fingerprint density at radius 2 is 1.52 bits per heavy atom. The second-order valence-corrected chi connectivity index (χ2v) is 9.57. The zero-order valence-corrected chi connectivity index (χ0v) is 18.0. The van der Waals surface area contributed by atoms with Crippen LogP contribution in [-0.4, -0.2) is 59.4 Å². The zero-order valence-electron chi connectivity index (χ0n) is 17.2. The van der Waals surface area contributed by atoms with Gasteiger partial charge in [0.25, 0.3) is 0 Å². The molecule has 5 rings (SSSR count). The van der Waals surface area contributed by atoms with E-state index in [0.717, 1.165) is 30.9 Å². The molecule has 0 spiro atoms. The van der Waals surface area contributed by atoms with Crippen LogP contribution in [0, 0.1) is 0 Å². The van der Waals surface area contributed by atoms with Crippen molar-refractivity contribution in [1.29, 1.82) is 0 Å². The second kappa shape index (κ2) is 8.57. The van der Waals surface area contributed by atoms with Gasteiger partial charge in [-0.2, -0.15) is 0 Å². The van der Waals surface area contributed by atoms with Crippen molar-refractivity contribution in [3.63, 3.8) is 0 Å². The number of sulfonamides is 1. The largest absolute Gasteiger partial charge is 0.486 e. The van der Waals surface area contributed by atoms with Gasteiger partial charge in [-0.25, -0.2) is 13.1 Å². The second-order valence-electron chi connectivity index (χ2n) is 7.80. The van der Waals surface area contributed by atoms with Gasteiger partial charge in [0, 0.05) is 25.2 Å². The van der Waals surface area contributed by atoms with Crippen LogP contribution in [-0.2, 0) is 10.0 Å². The number of hydrogen-bond acceptors (Lipinski definition) is 7. The average molecular weight is 447 g/mol. The van der Waals surface area contributed by atoms with Crippen molar-refractivity contribution in [3.8, 4) is 23.0 Å². The van der Waals surface area contributed by atoms with E-state index in [-0.39, 0.29) is 10.9 Å². The fraction of sp³-hybridized carbons (Fsp3) is 0.455. The van der Waals surface area contributed by atoms with Crippen molar-refractivity contribution in [2.24, 2.45) is 0 Å². The Morgan fingerprint density at radius 3 is 2.26 bits per heavy atom. The van der Waals surface area contributed by atoms with Gasteiger partial charge >= 0.3 is 0 Å². The van der Waals surface area contributed by atoms with Gasteiger partial charge in [0.2, 0.25) is 10.0 Å². The monoisotopic (exact) mass is 446 g/mol. The molecule has 3 aliphatic heterocycles. The highest BCUT2D eigenvalue weighted by Crippen LogP contribution is 2.38. The van der Waals surface area contributed by atoms with Gasteiger partial charge in [-0.05, 0) is 49.2 Å². The first-order valence-electron chi connectivity index (χ1n) is 10.6. The van der Waals surface area contributed by atoms with Gasteiger partial charge in [-0.3, -0.25) is 4.90 Å². The summed E-state index contributed by atoms with van der Waals surface area (Å²) in [6.07, 6.45) is 2.11. The number of likely N-dealkylation sites (tertiary alicyclic amines) is 1. The summed E-state index contributed by atoms with van der Waals surface area (Å²) < 4.78 is 50.5. The summed E-state index contributed by atoms with van der Waals surface area (Å²) in [5, 5.41) is 0. The lowest BCUT2D eigenvalue weighted by Gasteiger charge is -2.26. The van der Waals surface area contributed by atoms with E-state index in [0.29, 0.717) is 51.0 Å². The quantitative estimate of drug-likeness (QED) is 0.729. The zero-order chi connectivity index (χ0) is 21.3. The molecule has 0 saturated carbocycles. The Hall–Kier alpha value is -2.49. The highest BCUT2D eigenvalue weighted by molar-refractivity contribution is 7.89. The smallest absolute Gasteiger partial charge is 0.240 e. The normalized spacial score (nSPS) is 20.6. The van der Waals surface area contributed by atoms with Gasteiger partial charge in [-0.1, -0.05) is 6.07 Å². The summed E-state index contributed by atoms with van der Waals surface area (Å²) in [6, 6.07) is 11.0. The van der Waals surface area contributed by atoms with Crippen LogP contribution in [0.1, 0.15) is 24.4 Å². The average Bonchev–Trinajstić information content (AvgIpc) is 3.27. The fourth-order valence-corrected chi connectivity index (χ4v) is 5.37. The lowest BCUT2D eigenvalue weighted by atomic mass is 10.0. The number of nitrogens with one attached hydrogen (secondary N) is 1. The minimum atomic E-state index is -3.63. The van der Waals surface area contributed by atoms with Crippen LogP contribution in [0.5, 0.6) is 23.0 Å². The molecule has 0 amide bonds. The van der Waals surface area contributed by atoms with Gasteiger partial charge in [0.15, 0.2) is 23.0 Å². The Kier molecular flexibility index (Phi) is 5.64. The van der Waals surface area contributed by atoms with E-state index in [9.17, 15) is 8.42 Å². The Balaban J connectivity index is 1.22. The maximum absolute atomic E-state index is 12.7. The SMILES string of the molecule is O=S(=O)(NCCN1CCCC1c1ccc2c(c1)OCCO2)c1ccc2c(c1)OCCO2. The van der Waals surface area contributed by atoms with Crippen LogP contribution in [0.15, 0.2) is 41.3 Å². The predicted octanol–water partition coefficient (Wildman–Crippen LogP) is 2.34. The molecule has 0 aromatic heterocycles. The summed E-state index contributed by atoms with van der Waals surface area (Å²) in [7, 11) is -3.63. The predicted molar refractivity (Wildman–Crippen MR) is 114 cm³/mol. The molecule has 166 valence electrons. The summed E-state index contributed by atoms with van der Waals surface area (Å²) in [4.78, 5) is 2.50. The summed E-state index contributed by atoms with van der Waals surface area (Å²) >= 11 is 0. The minimum Gasteiger partial charge on any atom is -0.486 e. The van der Waals surface area contributed by atoms with Crippen molar-refractivity contribution >= 4 is 10.0 Å². The van der Waals surface area contributed by atoms with Crippen LogP contribution < -0.4 is 23.7 Å². The van der Waals surface area contributed by atoms with Crippen molar-refractivity contribution in [2.45, 2.75) is 23.8 Å². The van der Waals surface area contributed by atoms with Crippen molar-refractivity contribution < 1.29 is 27.4 Å². The molecule has 0 bridgehead atoms. The molecule has 9 heteroatoms. The van der Waals surface area contributed by atoms with E-state index in [2.05, 4.69) is 21.8 Å². The minimum absolute atomic E-state index is 0.182.